The van der Waals surface area contributed by atoms with Gasteiger partial charge in [-0.3, -0.25) is 14.7 Å². The third-order valence-corrected chi connectivity index (χ3v) is 4.92. The number of nitrogens with one attached hydrogen (secondary N) is 1. The number of anilines is 1. The zero-order valence-electron chi connectivity index (χ0n) is 16.1. The highest BCUT2D eigenvalue weighted by molar-refractivity contribution is 5.91. The van der Waals surface area contributed by atoms with E-state index in [1.807, 2.05) is 59.3 Å². The van der Waals surface area contributed by atoms with Crippen molar-refractivity contribution < 1.29 is 4.79 Å². The van der Waals surface area contributed by atoms with E-state index in [0.717, 1.165) is 29.4 Å². The highest BCUT2D eigenvalue weighted by atomic mass is 16.2. The molecule has 2 aromatic heterocycles. The van der Waals surface area contributed by atoms with Gasteiger partial charge in [-0.1, -0.05) is 31.2 Å². The molecule has 1 aliphatic rings. The molecular weight excluding hydrogens is 350 g/mol. The van der Waals surface area contributed by atoms with Crippen LogP contribution >= 0.6 is 0 Å². The minimum Gasteiger partial charge on any atom is -0.309 e. The molecule has 0 aliphatic heterocycles. The summed E-state index contributed by atoms with van der Waals surface area (Å²) in [5.41, 5.74) is 2.97. The highest BCUT2D eigenvalue weighted by Crippen LogP contribution is 2.40. The summed E-state index contributed by atoms with van der Waals surface area (Å²) in [6.45, 7) is 3.78. The van der Waals surface area contributed by atoms with Crippen LogP contribution in [0.3, 0.4) is 0 Å². The van der Waals surface area contributed by atoms with Gasteiger partial charge in [-0.2, -0.15) is 5.10 Å². The van der Waals surface area contributed by atoms with E-state index in [1.54, 1.807) is 6.20 Å². The van der Waals surface area contributed by atoms with Gasteiger partial charge in [0.05, 0.1) is 23.6 Å². The summed E-state index contributed by atoms with van der Waals surface area (Å²) in [5, 5.41) is 7.80. The number of amides is 1. The molecule has 144 valence electrons. The average Bonchev–Trinajstić information content (AvgIpc) is 3.50. The molecule has 2 heterocycles. The fourth-order valence-corrected chi connectivity index (χ4v) is 3.22. The first-order valence-corrected chi connectivity index (χ1v) is 9.80. The predicted molar refractivity (Wildman–Crippen MR) is 109 cm³/mol. The van der Waals surface area contributed by atoms with Gasteiger partial charge < -0.3 is 5.32 Å². The molecular formula is C22H25N5O. The van der Waals surface area contributed by atoms with Crippen LogP contribution in [0.15, 0.2) is 60.8 Å². The van der Waals surface area contributed by atoms with Crippen molar-refractivity contribution in [2.24, 2.45) is 0 Å². The van der Waals surface area contributed by atoms with Crippen LogP contribution in [0.4, 0.5) is 5.82 Å². The third-order valence-electron chi connectivity index (χ3n) is 4.92. The Morgan fingerprint density at radius 2 is 1.96 bits per heavy atom. The molecule has 6 nitrogen and oxygen atoms in total. The molecule has 0 spiro atoms. The Hall–Kier alpha value is -2.99. The Morgan fingerprint density at radius 1 is 1.18 bits per heavy atom. The summed E-state index contributed by atoms with van der Waals surface area (Å²) in [5.74, 6) is 1.21. The van der Waals surface area contributed by atoms with Crippen molar-refractivity contribution in [3.63, 3.8) is 0 Å². The number of likely N-dealkylation sites (N-methyl/N-ethyl adjacent to an activating group) is 1. The van der Waals surface area contributed by atoms with E-state index >= 15 is 0 Å². The molecule has 1 fully saturated rings. The number of aromatic nitrogens is 3. The maximum absolute atomic E-state index is 12.7. The van der Waals surface area contributed by atoms with Gasteiger partial charge in [0.15, 0.2) is 0 Å². The second-order valence-corrected chi connectivity index (χ2v) is 7.15. The topological polar surface area (TPSA) is 63.1 Å². The molecule has 0 bridgehead atoms. The van der Waals surface area contributed by atoms with Gasteiger partial charge in [-0.25, -0.2) is 4.68 Å². The van der Waals surface area contributed by atoms with E-state index in [1.165, 1.54) is 12.8 Å². The summed E-state index contributed by atoms with van der Waals surface area (Å²) in [7, 11) is 0. The fourth-order valence-electron chi connectivity index (χ4n) is 3.22. The lowest BCUT2D eigenvalue weighted by Crippen LogP contribution is -2.33. The summed E-state index contributed by atoms with van der Waals surface area (Å²) in [4.78, 5) is 19.2. The minimum atomic E-state index is -0.0443. The van der Waals surface area contributed by atoms with Crippen molar-refractivity contribution in [1.82, 2.24) is 19.7 Å². The molecule has 4 rings (SSSR count). The van der Waals surface area contributed by atoms with E-state index in [9.17, 15) is 4.79 Å². The number of rotatable bonds is 8. The smallest absolute Gasteiger partial charge is 0.239 e. The number of hydrogen-bond acceptors (Lipinski definition) is 4. The van der Waals surface area contributed by atoms with Gasteiger partial charge in [0.1, 0.15) is 5.82 Å². The number of para-hydroxylation sites is 1. The van der Waals surface area contributed by atoms with E-state index in [4.69, 9.17) is 5.10 Å². The van der Waals surface area contributed by atoms with E-state index in [0.29, 0.717) is 19.0 Å². The van der Waals surface area contributed by atoms with Crippen LogP contribution in [0, 0.1) is 0 Å². The van der Waals surface area contributed by atoms with Crippen molar-refractivity contribution in [2.75, 3.05) is 18.4 Å². The SMILES string of the molecule is CCN(CC(=O)Nc1cc(C2CC2)nn1-c1ccccc1)Cc1ccccn1. The lowest BCUT2D eigenvalue weighted by molar-refractivity contribution is -0.117. The Bertz CT molecular complexity index is 919. The van der Waals surface area contributed by atoms with Gasteiger partial charge in [-0.05, 0) is 43.7 Å². The molecule has 1 saturated carbocycles. The number of hydrogen-bond donors (Lipinski definition) is 1. The van der Waals surface area contributed by atoms with E-state index in [-0.39, 0.29) is 5.91 Å². The first-order chi connectivity index (χ1) is 13.7. The van der Waals surface area contributed by atoms with Gasteiger partial charge in [0.25, 0.3) is 0 Å². The van der Waals surface area contributed by atoms with Crippen molar-refractivity contribution in [1.29, 1.82) is 0 Å². The Kier molecular flexibility index (Phi) is 5.48. The normalized spacial score (nSPS) is 13.6. The summed E-state index contributed by atoms with van der Waals surface area (Å²) in [6.07, 6.45) is 4.13. The van der Waals surface area contributed by atoms with E-state index < -0.39 is 0 Å². The molecule has 0 atom stereocenters. The number of carbonyl (C=O) groups is 1. The van der Waals surface area contributed by atoms with Crippen LogP contribution in [-0.4, -0.2) is 38.7 Å². The van der Waals surface area contributed by atoms with Crippen molar-refractivity contribution in [3.05, 3.63) is 72.2 Å². The summed E-state index contributed by atoms with van der Waals surface area (Å²) < 4.78 is 1.83. The molecule has 28 heavy (non-hydrogen) atoms. The van der Waals surface area contributed by atoms with Crippen LogP contribution in [-0.2, 0) is 11.3 Å². The number of carbonyl (C=O) groups excluding carboxylic acids is 1. The molecule has 3 aromatic rings. The molecule has 0 unspecified atom stereocenters. The predicted octanol–water partition coefficient (Wildman–Crippen LogP) is 3.61. The van der Waals surface area contributed by atoms with Crippen LogP contribution in [0.1, 0.15) is 37.1 Å². The maximum Gasteiger partial charge on any atom is 0.239 e. The fraction of sp³-hybridized carbons (Fsp3) is 0.318. The monoisotopic (exact) mass is 375 g/mol. The van der Waals surface area contributed by atoms with Crippen LogP contribution in [0.5, 0.6) is 0 Å². The first-order valence-electron chi connectivity index (χ1n) is 9.80. The zero-order chi connectivity index (χ0) is 19.3. The average molecular weight is 375 g/mol. The molecule has 1 aliphatic carbocycles. The number of pyridine rings is 1. The van der Waals surface area contributed by atoms with Gasteiger partial charge in [-0.15, -0.1) is 0 Å². The molecule has 0 radical (unpaired) electrons. The summed E-state index contributed by atoms with van der Waals surface area (Å²) >= 11 is 0. The quantitative estimate of drug-likeness (QED) is 0.653. The second-order valence-electron chi connectivity index (χ2n) is 7.15. The summed E-state index contributed by atoms with van der Waals surface area (Å²) in [6, 6.07) is 17.8. The first kappa shape index (κ1) is 18.4. The molecule has 1 N–H and O–H groups in total. The van der Waals surface area contributed by atoms with Crippen molar-refractivity contribution in [3.8, 4) is 5.69 Å². The maximum atomic E-state index is 12.7. The lowest BCUT2D eigenvalue weighted by Gasteiger charge is -2.19. The van der Waals surface area contributed by atoms with Gasteiger partial charge in [0.2, 0.25) is 5.91 Å². The Morgan fingerprint density at radius 3 is 2.64 bits per heavy atom. The standard InChI is InChI=1S/C22H25N5O/c1-2-26(15-18-8-6-7-13-23-18)16-22(28)24-21-14-20(17-11-12-17)25-27(21)19-9-4-3-5-10-19/h3-10,13-14,17H,2,11-12,15-16H2,1H3,(H,24,28). The molecule has 1 aromatic carbocycles. The number of benzene rings is 1. The van der Waals surface area contributed by atoms with Gasteiger partial charge >= 0.3 is 0 Å². The Balaban J connectivity index is 1.47. The van der Waals surface area contributed by atoms with Crippen LogP contribution < -0.4 is 5.32 Å². The van der Waals surface area contributed by atoms with Gasteiger partial charge in [0, 0.05) is 24.7 Å². The zero-order valence-corrected chi connectivity index (χ0v) is 16.1. The van der Waals surface area contributed by atoms with E-state index in [2.05, 4.69) is 22.1 Å². The number of nitrogens with zero attached hydrogens (tertiary/aromatic N) is 4. The highest BCUT2D eigenvalue weighted by Gasteiger charge is 2.28. The largest absolute Gasteiger partial charge is 0.309 e. The van der Waals surface area contributed by atoms with Crippen molar-refractivity contribution in [2.45, 2.75) is 32.2 Å². The van der Waals surface area contributed by atoms with Crippen molar-refractivity contribution >= 4 is 11.7 Å². The van der Waals surface area contributed by atoms with Crippen LogP contribution in [0.25, 0.3) is 5.69 Å². The minimum absolute atomic E-state index is 0.0443. The molecule has 6 heteroatoms. The third kappa shape index (κ3) is 4.46. The lowest BCUT2D eigenvalue weighted by atomic mass is 10.3. The Labute approximate surface area is 165 Å². The van der Waals surface area contributed by atoms with Crippen LogP contribution in [0.2, 0.25) is 0 Å². The second kappa shape index (κ2) is 8.35. The molecule has 0 saturated heterocycles. The molecule has 1 amide bonds.